The van der Waals surface area contributed by atoms with E-state index in [4.69, 9.17) is 14.5 Å². The third-order valence-electron chi connectivity index (χ3n) is 5.95. The first-order chi connectivity index (χ1) is 15.0. The molecule has 0 bridgehead atoms. The Balaban J connectivity index is 1.53. The lowest BCUT2D eigenvalue weighted by Gasteiger charge is -2.34. The Kier molecular flexibility index (Phi) is 8.97. The van der Waals surface area contributed by atoms with E-state index < -0.39 is 0 Å². The average Bonchev–Trinajstić information content (AvgIpc) is 3.30. The Hall–Kier alpha value is -2.32. The molecule has 0 saturated carbocycles. The maximum atomic E-state index is 12.0. The number of amides is 1. The maximum Gasteiger partial charge on any atom is 0.241 e. The van der Waals surface area contributed by atoms with Crippen LogP contribution in [0.5, 0.6) is 5.75 Å². The molecule has 1 aromatic carbocycles. The van der Waals surface area contributed by atoms with Crippen molar-refractivity contribution in [1.29, 1.82) is 0 Å². The largest absolute Gasteiger partial charge is 0.497 e. The van der Waals surface area contributed by atoms with Gasteiger partial charge < -0.3 is 29.9 Å². The van der Waals surface area contributed by atoms with Crippen LogP contribution in [-0.4, -0.2) is 88.3 Å². The zero-order chi connectivity index (χ0) is 22.1. The van der Waals surface area contributed by atoms with Crippen LogP contribution in [0.1, 0.15) is 24.8 Å². The number of likely N-dealkylation sites (N-methyl/N-ethyl adjacent to an activating group) is 1. The minimum atomic E-state index is 0.0209. The van der Waals surface area contributed by atoms with Crippen molar-refractivity contribution in [2.24, 2.45) is 10.9 Å². The molecule has 2 saturated heterocycles. The van der Waals surface area contributed by atoms with Crippen molar-refractivity contribution in [2.75, 3.05) is 60.6 Å². The van der Waals surface area contributed by atoms with Crippen LogP contribution in [0.25, 0.3) is 0 Å². The van der Waals surface area contributed by atoms with Crippen LogP contribution in [0.15, 0.2) is 29.3 Å². The molecule has 1 aromatic rings. The predicted molar refractivity (Wildman–Crippen MR) is 122 cm³/mol. The first-order valence-corrected chi connectivity index (χ1v) is 11.2. The second-order valence-electron chi connectivity index (χ2n) is 8.60. The molecule has 172 valence electrons. The smallest absolute Gasteiger partial charge is 0.241 e. The highest BCUT2D eigenvalue weighted by Crippen LogP contribution is 2.18. The molecule has 8 heteroatoms. The Morgan fingerprint density at radius 3 is 2.58 bits per heavy atom. The summed E-state index contributed by atoms with van der Waals surface area (Å²) in [6, 6.07) is 8.25. The molecule has 2 fully saturated rings. The fourth-order valence-electron chi connectivity index (χ4n) is 3.92. The summed E-state index contributed by atoms with van der Waals surface area (Å²) in [5.74, 6) is 2.22. The first-order valence-electron chi connectivity index (χ1n) is 11.2. The van der Waals surface area contributed by atoms with Gasteiger partial charge in [0.25, 0.3) is 0 Å². The first kappa shape index (κ1) is 23.3. The van der Waals surface area contributed by atoms with Gasteiger partial charge in [-0.15, -0.1) is 0 Å². The van der Waals surface area contributed by atoms with Crippen molar-refractivity contribution in [1.82, 2.24) is 20.4 Å². The van der Waals surface area contributed by atoms with E-state index in [0.717, 1.165) is 57.0 Å². The van der Waals surface area contributed by atoms with Crippen molar-refractivity contribution >= 4 is 11.9 Å². The number of nitrogens with one attached hydrogen (secondary N) is 2. The number of likely N-dealkylation sites (tertiary alicyclic amines) is 1. The molecule has 3 rings (SSSR count). The zero-order valence-corrected chi connectivity index (χ0v) is 19.1. The third-order valence-corrected chi connectivity index (χ3v) is 5.95. The van der Waals surface area contributed by atoms with Crippen LogP contribution >= 0.6 is 0 Å². The summed E-state index contributed by atoms with van der Waals surface area (Å²) < 4.78 is 10.7. The van der Waals surface area contributed by atoms with E-state index >= 15 is 0 Å². The zero-order valence-electron chi connectivity index (χ0n) is 19.1. The molecule has 0 aliphatic carbocycles. The number of carbonyl (C=O) groups excluding carboxylic acids is 1. The number of carbonyl (C=O) groups is 1. The van der Waals surface area contributed by atoms with Gasteiger partial charge in [-0.25, -0.2) is 4.99 Å². The van der Waals surface area contributed by atoms with Crippen LogP contribution in [-0.2, 0) is 16.1 Å². The van der Waals surface area contributed by atoms with Crippen molar-refractivity contribution in [3.05, 3.63) is 29.8 Å². The fraction of sp³-hybridized carbons (Fsp3) is 0.652. The molecule has 2 aliphatic heterocycles. The fourth-order valence-corrected chi connectivity index (χ4v) is 3.92. The van der Waals surface area contributed by atoms with E-state index in [1.165, 1.54) is 6.42 Å². The van der Waals surface area contributed by atoms with E-state index in [1.54, 1.807) is 26.1 Å². The van der Waals surface area contributed by atoms with E-state index in [-0.39, 0.29) is 12.5 Å². The summed E-state index contributed by atoms with van der Waals surface area (Å²) in [4.78, 5) is 20.9. The van der Waals surface area contributed by atoms with Gasteiger partial charge in [0.1, 0.15) is 5.75 Å². The van der Waals surface area contributed by atoms with Gasteiger partial charge in [0.15, 0.2) is 5.96 Å². The standard InChI is InChI=1S/C23H37N5O3/c1-27(2)22(29)15-25-23(24-14-18-4-6-21(30-3)7-5-18)26-20-8-11-28(12-9-20)16-19-10-13-31-17-19/h4-7,19-20H,8-17H2,1-3H3,(H2,24,25,26). The lowest BCUT2D eigenvalue weighted by atomic mass is 10.0. The minimum Gasteiger partial charge on any atom is -0.497 e. The molecule has 2 N–H and O–H groups in total. The number of ether oxygens (including phenoxy) is 2. The second kappa shape index (κ2) is 11.9. The SMILES string of the molecule is COc1ccc(CN=C(NCC(=O)N(C)C)NC2CCN(CC3CCOC3)CC2)cc1. The minimum absolute atomic E-state index is 0.0209. The van der Waals surface area contributed by atoms with Gasteiger partial charge in [0.05, 0.1) is 26.8 Å². The normalized spacial score (nSPS) is 20.5. The Labute approximate surface area is 186 Å². The van der Waals surface area contributed by atoms with E-state index in [0.29, 0.717) is 24.5 Å². The number of rotatable bonds is 8. The number of piperidine rings is 1. The highest BCUT2D eigenvalue weighted by molar-refractivity contribution is 5.86. The highest BCUT2D eigenvalue weighted by atomic mass is 16.5. The summed E-state index contributed by atoms with van der Waals surface area (Å²) in [6.45, 7) is 5.88. The predicted octanol–water partition coefficient (Wildman–Crippen LogP) is 1.32. The molecule has 2 aliphatic rings. The summed E-state index contributed by atoms with van der Waals surface area (Å²) in [6.07, 6.45) is 3.32. The van der Waals surface area contributed by atoms with Crippen LogP contribution in [0, 0.1) is 5.92 Å². The van der Waals surface area contributed by atoms with Gasteiger partial charge >= 0.3 is 0 Å². The molecule has 2 heterocycles. The van der Waals surface area contributed by atoms with Gasteiger partial charge in [-0.2, -0.15) is 0 Å². The number of hydrogen-bond donors (Lipinski definition) is 2. The lowest BCUT2D eigenvalue weighted by molar-refractivity contribution is -0.127. The number of hydrogen-bond acceptors (Lipinski definition) is 5. The third kappa shape index (κ3) is 7.70. The van der Waals surface area contributed by atoms with E-state index in [2.05, 4.69) is 15.5 Å². The lowest BCUT2D eigenvalue weighted by Crippen LogP contribution is -2.50. The summed E-state index contributed by atoms with van der Waals surface area (Å²) >= 11 is 0. The summed E-state index contributed by atoms with van der Waals surface area (Å²) in [5, 5.41) is 6.75. The molecule has 1 unspecified atom stereocenters. The molecule has 1 atom stereocenters. The van der Waals surface area contributed by atoms with Gasteiger partial charge in [0.2, 0.25) is 5.91 Å². The Morgan fingerprint density at radius 2 is 1.97 bits per heavy atom. The highest BCUT2D eigenvalue weighted by Gasteiger charge is 2.24. The molecule has 31 heavy (non-hydrogen) atoms. The number of benzene rings is 1. The Bertz CT molecular complexity index is 708. The van der Waals surface area contributed by atoms with Crippen molar-refractivity contribution < 1.29 is 14.3 Å². The van der Waals surface area contributed by atoms with E-state index in [9.17, 15) is 4.79 Å². The average molecular weight is 432 g/mol. The number of guanidine groups is 1. The maximum absolute atomic E-state index is 12.0. The Morgan fingerprint density at radius 1 is 1.23 bits per heavy atom. The second-order valence-corrected chi connectivity index (χ2v) is 8.60. The van der Waals surface area contributed by atoms with Crippen LogP contribution in [0.4, 0.5) is 0 Å². The van der Waals surface area contributed by atoms with Gasteiger partial charge in [-0.1, -0.05) is 12.1 Å². The van der Waals surface area contributed by atoms with Gasteiger partial charge in [-0.3, -0.25) is 4.79 Å². The van der Waals surface area contributed by atoms with E-state index in [1.807, 2.05) is 24.3 Å². The van der Waals surface area contributed by atoms with Crippen LogP contribution < -0.4 is 15.4 Å². The molecular formula is C23H37N5O3. The summed E-state index contributed by atoms with van der Waals surface area (Å²) in [5.41, 5.74) is 1.09. The molecule has 1 amide bonds. The molecule has 0 spiro atoms. The van der Waals surface area contributed by atoms with Crippen LogP contribution in [0.2, 0.25) is 0 Å². The van der Waals surface area contributed by atoms with Crippen molar-refractivity contribution in [2.45, 2.75) is 31.8 Å². The number of methoxy groups -OCH3 is 1. The molecule has 0 aromatic heterocycles. The van der Waals surface area contributed by atoms with Gasteiger partial charge in [0, 0.05) is 46.4 Å². The number of aliphatic imine (C=N–C) groups is 1. The van der Waals surface area contributed by atoms with Crippen LogP contribution in [0.3, 0.4) is 0 Å². The quantitative estimate of drug-likeness (QED) is 0.478. The summed E-state index contributed by atoms with van der Waals surface area (Å²) in [7, 11) is 5.18. The molecular weight excluding hydrogens is 394 g/mol. The molecule has 8 nitrogen and oxygen atoms in total. The van der Waals surface area contributed by atoms with Crippen molar-refractivity contribution in [3.63, 3.8) is 0 Å². The number of nitrogens with zero attached hydrogens (tertiary/aromatic N) is 3. The monoisotopic (exact) mass is 431 g/mol. The van der Waals surface area contributed by atoms with Crippen molar-refractivity contribution in [3.8, 4) is 5.75 Å². The topological polar surface area (TPSA) is 78.4 Å². The molecule has 0 radical (unpaired) electrons. The van der Waals surface area contributed by atoms with Gasteiger partial charge in [-0.05, 0) is 42.9 Å².